The van der Waals surface area contributed by atoms with E-state index in [4.69, 9.17) is 16.3 Å². The maximum atomic E-state index is 12.8. The third-order valence-corrected chi connectivity index (χ3v) is 7.17. The number of carbonyl (C=O) groups is 1. The summed E-state index contributed by atoms with van der Waals surface area (Å²) in [6.45, 7) is 5.83. The van der Waals surface area contributed by atoms with Crippen LogP contribution in [-0.2, 0) is 27.9 Å². The van der Waals surface area contributed by atoms with Gasteiger partial charge in [0.1, 0.15) is 0 Å². The SMILES string of the molecule is CC(C)OCc1ccc(CNC(=O)c2cc(S(=O)(=O)N3CCCC3)ccc2Cl)cc1. The molecule has 0 aromatic heterocycles. The second-order valence-corrected chi connectivity index (χ2v) is 9.96. The number of ether oxygens (including phenoxy) is 1. The smallest absolute Gasteiger partial charge is 0.253 e. The summed E-state index contributed by atoms with van der Waals surface area (Å²) in [5, 5.41) is 3.03. The van der Waals surface area contributed by atoms with Gasteiger partial charge in [0.15, 0.2) is 0 Å². The third kappa shape index (κ3) is 5.60. The van der Waals surface area contributed by atoms with Gasteiger partial charge in [-0.1, -0.05) is 35.9 Å². The first-order valence-corrected chi connectivity index (χ1v) is 11.9. The summed E-state index contributed by atoms with van der Waals surface area (Å²) in [4.78, 5) is 12.8. The Morgan fingerprint density at radius 3 is 2.37 bits per heavy atom. The Morgan fingerprint density at radius 1 is 1.10 bits per heavy atom. The van der Waals surface area contributed by atoms with E-state index in [9.17, 15) is 13.2 Å². The summed E-state index contributed by atoms with van der Waals surface area (Å²) in [6, 6.07) is 12.0. The molecule has 0 bridgehead atoms. The molecule has 0 aliphatic carbocycles. The lowest BCUT2D eigenvalue weighted by atomic mass is 10.1. The average molecular weight is 451 g/mol. The van der Waals surface area contributed by atoms with Gasteiger partial charge in [0.25, 0.3) is 5.91 Å². The first kappa shape index (κ1) is 22.7. The van der Waals surface area contributed by atoms with Crippen LogP contribution >= 0.6 is 11.6 Å². The molecule has 30 heavy (non-hydrogen) atoms. The van der Waals surface area contributed by atoms with E-state index in [1.54, 1.807) is 0 Å². The second kappa shape index (κ2) is 9.92. The van der Waals surface area contributed by atoms with Crippen molar-refractivity contribution >= 4 is 27.5 Å². The minimum absolute atomic E-state index is 0.0912. The highest BCUT2D eigenvalue weighted by atomic mass is 35.5. The van der Waals surface area contributed by atoms with Crippen molar-refractivity contribution in [2.24, 2.45) is 0 Å². The average Bonchev–Trinajstić information content (AvgIpc) is 3.27. The molecular weight excluding hydrogens is 424 g/mol. The normalized spacial score (nSPS) is 14.9. The lowest BCUT2D eigenvalue weighted by Crippen LogP contribution is -2.28. The van der Waals surface area contributed by atoms with Gasteiger partial charge in [-0.15, -0.1) is 0 Å². The number of benzene rings is 2. The topological polar surface area (TPSA) is 75.7 Å². The maximum Gasteiger partial charge on any atom is 0.253 e. The standard InChI is InChI=1S/C22H27ClN2O4S/c1-16(2)29-15-18-7-5-17(6-8-18)14-24-22(26)20-13-19(9-10-21(20)23)30(27,28)25-11-3-4-12-25/h5-10,13,16H,3-4,11-12,14-15H2,1-2H3,(H,24,26). The van der Waals surface area contributed by atoms with Gasteiger partial charge in [-0.2, -0.15) is 4.31 Å². The molecule has 1 saturated heterocycles. The van der Waals surface area contributed by atoms with Crippen molar-refractivity contribution in [3.8, 4) is 0 Å². The summed E-state index contributed by atoms with van der Waals surface area (Å²) in [5.41, 5.74) is 2.13. The van der Waals surface area contributed by atoms with Crippen LogP contribution < -0.4 is 5.32 Å². The zero-order valence-corrected chi connectivity index (χ0v) is 18.8. The molecule has 1 aliphatic heterocycles. The molecule has 2 aromatic carbocycles. The zero-order chi connectivity index (χ0) is 21.7. The number of nitrogens with one attached hydrogen (secondary N) is 1. The molecule has 1 heterocycles. The monoisotopic (exact) mass is 450 g/mol. The Morgan fingerprint density at radius 2 is 1.73 bits per heavy atom. The van der Waals surface area contributed by atoms with Crippen molar-refractivity contribution in [2.45, 2.75) is 50.8 Å². The molecule has 2 aromatic rings. The predicted octanol–water partition coefficient (Wildman–Crippen LogP) is 3.98. The largest absolute Gasteiger partial charge is 0.374 e. The van der Waals surface area contributed by atoms with Crippen LogP contribution in [0.1, 0.15) is 48.2 Å². The molecule has 1 aliphatic rings. The number of nitrogens with zero attached hydrogens (tertiary/aromatic N) is 1. The van der Waals surface area contributed by atoms with Crippen LogP contribution in [0.25, 0.3) is 0 Å². The highest BCUT2D eigenvalue weighted by Crippen LogP contribution is 2.25. The first-order chi connectivity index (χ1) is 14.3. The predicted molar refractivity (Wildman–Crippen MR) is 117 cm³/mol. The van der Waals surface area contributed by atoms with Crippen molar-refractivity contribution in [1.82, 2.24) is 9.62 Å². The van der Waals surface area contributed by atoms with Gasteiger partial charge < -0.3 is 10.1 Å². The van der Waals surface area contributed by atoms with E-state index in [0.717, 1.165) is 24.0 Å². The molecule has 0 saturated carbocycles. The molecule has 0 unspecified atom stereocenters. The van der Waals surface area contributed by atoms with Crippen molar-refractivity contribution in [3.63, 3.8) is 0 Å². The molecule has 1 N–H and O–H groups in total. The Labute approximate surface area is 183 Å². The van der Waals surface area contributed by atoms with Crippen LogP contribution in [0, 0.1) is 0 Å². The van der Waals surface area contributed by atoms with Crippen molar-refractivity contribution < 1.29 is 17.9 Å². The highest BCUT2D eigenvalue weighted by Gasteiger charge is 2.28. The number of carbonyl (C=O) groups excluding carboxylic acids is 1. The Kier molecular flexibility index (Phi) is 7.52. The van der Waals surface area contributed by atoms with Gasteiger partial charge in [-0.3, -0.25) is 4.79 Å². The minimum Gasteiger partial charge on any atom is -0.374 e. The number of halogens is 1. The third-order valence-electron chi connectivity index (χ3n) is 4.94. The Hall–Kier alpha value is -1.93. The van der Waals surface area contributed by atoms with Crippen molar-refractivity contribution in [3.05, 3.63) is 64.2 Å². The Balaban J connectivity index is 1.66. The van der Waals surface area contributed by atoms with Crippen LogP contribution in [0.4, 0.5) is 0 Å². The van der Waals surface area contributed by atoms with E-state index in [0.29, 0.717) is 26.2 Å². The van der Waals surface area contributed by atoms with E-state index < -0.39 is 15.9 Å². The van der Waals surface area contributed by atoms with Gasteiger partial charge in [0, 0.05) is 19.6 Å². The van der Waals surface area contributed by atoms with Gasteiger partial charge in [0.05, 0.1) is 28.2 Å². The van der Waals surface area contributed by atoms with E-state index in [1.807, 2.05) is 38.1 Å². The molecule has 8 heteroatoms. The van der Waals surface area contributed by atoms with Gasteiger partial charge in [0.2, 0.25) is 10.0 Å². The molecule has 162 valence electrons. The van der Waals surface area contributed by atoms with Gasteiger partial charge in [-0.25, -0.2) is 8.42 Å². The zero-order valence-electron chi connectivity index (χ0n) is 17.2. The molecule has 0 radical (unpaired) electrons. The number of hydrogen-bond acceptors (Lipinski definition) is 4. The summed E-state index contributed by atoms with van der Waals surface area (Å²) in [5.74, 6) is -0.411. The fraction of sp³-hybridized carbons (Fsp3) is 0.409. The number of rotatable bonds is 8. The number of sulfonamides is 1. The second-order valence-electron chi connectivity index (χ2n) is 7.61. The molecular formula is C22H27ClN2O4S. The number of hydrogen-bond donors (Lipinski definition) is 1. The fourth-order valence-corrected chi connectivity index (χ4v) is 4.96. The lowest BCUT2D eigenvalue weighted by molar-refractivity contribution is 0.0657. The van der Waals surface area contributed by atoms with Crippen LogP contribution in [-0.4, -0.2) is 37.8 Å². The van der Waals surface area contributed by atoms with E-state index in [2.05, 4.69) is 5.32 Å². The molecule has 3 rings (SSSR count). The molecule has 0 spiro atoms. The number of amides is 1. The van der Waals surface area contributed by atoms with Crippen LogP contribution in [0.5, 0.6) is 0 Å². The molecule has 1 amide bonds. The summed E-state index contributed by atoms with van der Waals surface area (Å²) < 4.78 is 32.6. The van der Waals surface area contributed by atoms with Crippen LogP contribution in [0.2, 0.25) is 5.02 Å². The van der Waals surface area contributed by atoms with E-state index in [1.165, 1.54) is 22.5 Å². The molecule has 6 nitrogen and oxygen atoms in total. The van der Waals surface area contributed by atoms with Crippen LogP contribution in [0.3, 0.4) is 0 Å². The first-order valence-electron chi connectivity index (χ1n) is 10.0. The quantitative estimate of drug-likeness (QED) is 0.660. The van der Waals surface area contributed by atoms with Gasteiger partial charge in [-0.05, 0) is 56.0 Å². The van der Waals surface area contributed by atoms with Gasteiger partial charge >= 0.3 is 0 Å². The fourth-order valence-electron chi connectivity index (χ4n) is 3.21. The molecule has 0 atom stereocenters. The lowest BCUT2D eigenvalue weighted by Gasteiger charge is -2.16. The molecule has 1 fully saturated rings. The van der Waals surface area contributed by atoms with E-state index >= 15 is 0 Å². The Bertz CT molecular complexity index is 985. The summed E-state index contributed by atoms with van der Waals surface area (Å²) >= 11 is 6.18. The highest BCUT2D eigenvalue weighted by molar-refractivity contribution is 7.89. The van der Waals surface area contributed by atoms with Crippen molar-refractivity contribution in [2.75, 3.05) is 13.1 Å². The van der Waals surface area contributed by atoms with Crippen molar-refractivity contribution in [1.29, 1.82) is 0 Å². The van der Waals surface area contributed by atoms with Crippen LogP contribution in [0.15, 0.2) is 47.4 Å². The minimum atomic E-state index is -3.61. The maximum absolute atomic E-state index is 12.8. The summed E-state index contributed by atoms with van der Waals surface area (Å²) in [6.07, 6.45) is 1.87. The van der Waals surface area contributed by atoms with E-state index in [-0.39, 0.29) is 21.6 Å². The summed E-state index contributed by atoms with van der Waals surface area (Å²) in [7, 11) is -3.61.